The van der Waals surface area contributed by atoms with Gasteiger partial charge in [-0.3, -0.25) is 14.9 Å². The summed E-state index contributed by atoms with van der Waals surface area (Å²) in [6.45, 7) is 0. The molecule has 0 bridgehead atoms. The van der Waals surface area contributed by atoms with Crippen LogP contribution in [0.2, 0.25) is 0 Å². The van der Waals surface area contributed by atoms with Crippen molar-refractivity contribution in [3.8, 4) is 5.75 Å². The minimum absolute atomic E-state index is 0.171. The Bertz CT molecular complexity index is 889. The molecule has 0 atom stereocenters. The summed E-state index contributed by atoms with van der Waals surface area (Å²) >= 11 is 1.41. The van der Waals surface area contributed by atoms with Gasteiger partial charge in [0.15, 0.2) is 0 Å². The van der Waals surface area contributed by atoms with Crippen LogP contribution in [0.25, 0.3) is 0 Å². The van der Waals surface area contributed by atoms with Crippen molar-refractivity contribution in [2.75, 3.05) is 19.5 Å². The Kier molecular flexibility index (Phi) is 6.30. The van der Waals surface area contributed by atoms with Gasteiger partial charge >= 0.3 is 6.09 Å². The van der Waals surface area contributed by atoms with Crippen molar-refractivity contribution in [2.45, 2.75) is 32.1 Å². The highest BCUT2D eigenvalue weighted by atomic mass is 32.1. The molecule has 0 radical (unpaired) electrons. The number of hydrogen-bond donors (Lipinski definition) is 2. The summed E-state index contributed by atoms with van der Waals surface area (Å²) in [4.78, 5) is 37.7. The first kappa shape index (κ1) is 19.9. The highest BCUT2D eigenvalue weighted by molar-refractivity contribution is 7.17. The highest BCUT2D eigenvalue weighted by Gasteiger charge is 2.27. The summed E-state index contributed by atoms with van der Waals surface area (Å²) in [6, 6.07) is 7.23. The van der Waals surface area contributed by atoms with Gasteiger partial charge in [0.05, 0.1) is 26.2 Å². The van der Waals surface area contributed by atoms with Gasteiger partial charge in [0, 0.05) is 4.88 Å². The van der Waals surface area contributed by atoms with Crippen molar-refractivity contribution in [1.29, 1.82) is 0 Å². The van der Waals surface area contributed by atoms with Gasteiger partial charge in [-0.25, -0.2) is 4.79 Å². The third-order valence-corrected chi connectivity index (χ3v) is 5.78. The van der Waals surface area contributed by atoms with Crippen LogP contribution in [0.4, 0.5) is 9.80 Å². The molecule has 2 aromatic rings. The molecular formula is C20H22N2O5S. The maximum absolute atomic E-state index is 12.6. The normalized spacial score (nSPS) is 12.6. The monoisotopic (exact) mass is 402 g/mol. The van der Waals surface area contributed by atoms with Crippen LogP contribution < -0.4 is 15.4 Å². The number of carbonyl (C=O) groups excluding carboxylic acids is 3. The van der Waals surface area contributed by atoms with Gasteiger partial charge in [0.25, 0.3) is 5.91 Å². The van der Waals surface area contributed by atoms with Crippen molar-refractivity contribution < 1.29 is 23.9 Å². The second kappa shape index (κ2) is 8.88. The van der Waals surface area contributed by atoms with Crippen molar-refractivity contribution >= 4 is 34.2 Å². The topological polar surface area (TPSA) is 93.7 Å². The lowest BCUT2D eigenvalue weighted by Gasteiger charge is -2.12. The Morgan fingerprint density at radius 1 is 1.07 bits per heavy atom. The summed E-state index contributed by atoms with van der Waals surface area (Å²) < 4.78 is 9.64. The third-order valence-electron chi connectivity index (χ3n) is 4.58. The highest BCUT2D eigenvalue weighted by Crippen LogP contribution is 2.38. The number of alkyl carbamates (subject to hydrolysis) is 1. The molecule has 1 aromatic heterocycles. The number of hydrogen-bond acceptors (Lipinski definition) is 6. The van der Waals surface area contributed by atoms with Gasteiger partial charge in [-0.15, -0.1) is 11.3 Å². The van der Waals surface area contributed by atoms with E-state index in [1.165, 1.54) is 18.4 Å². The van der Waals surface area contributed by atoms with Crippen molar-refractivity contribution in [3.05, 3.63) is 45.8 Å². The lowest BCUT2D eigenvalue weighted by molar-refractivity contribution is -0.115. The van der Waals surface area contributed by atoms with Crippen LogP contribution in [0.1, 0.15) is 39.2 Å². The Labute approximate surface area is 167 Å². The van der Waals surface area contributed by atoms with Crippen molar-refractivity contribution in [3.63, 3.8) is 0 Å². The quantitative estimate of drug-likeness (QED) is 0.800. The zero-order valence-electron chi connectivity index (χ0n) is 15.8. The summed E-state index contributed by atoms with van der Waals surface area (Å²) in [7, 11) is 2.78. The molecule has 1 aliphatic carbocycles. The lowest BCUT2D eigenvalue weighted by atomic mass is 9.95. The van der Waals surface area contributed by atoms with E-state index in [0.717, 1.165) is 47.4 Å². The van der Waals surface area contributed by atoms with E-state index in [0.29, 0.717) is 10.6 Å². The summed E-state index contributed by atoms with van der Waals surface area (Å²) in [5.41, 5.74) is 2.12. The zero-order chi connectivity index (χ0) is 20.1. The maximum Gasteiger partial charge on any atom is 0.413 e. The van der Waals surface area contributed by atoms with E-state index in [1.54, 1.807) is 19.2 Å². The number of nitrogens with one attached hydrogen (secondary N) is 2. The molecule has 148 valence electrons. The molecule has 0 unspecified atom stereocenters. The molecule has 1 aliphatic rings. The second-order valence-electron chi connectivity index (χ2n) is 6.43. The SMILES string of the molecule is COC(=O)NC(=O)c1c(NC(=O)Cc2ccc(OC)cc2)sc2c1CCCC2. The van der Waals surface area contributed by atoms with Crippen LogP contribution in [-0.2, 0) is 28.8 Å². The van der Waals surface area contributed by atoms with Gasteiger partial charge in [-0.1, -0.05) is 12.1 Å². The molecule has 3 rings (SSSR count). The van der Waals surface area contributed by atoms with Crippen LogP contribution in [-0.4, -0.2) is 32.1 Å². The average molecular weight is 402 g/mol. The fraction of sp³-hybridized carbons (Fsp3) is 0.350. The molecule has 0 saturated heterocycles. The molecule has 0 aliphatic heterocycles. The number of imide groups is 1. The number of amides is 3. The molecule has 2 N–H and O–H groups in total. The standard InChI is InChI=1S/C20H22N2O5S/c1-26-13-9-7-12(8-10-13)11-16(23)21-19-17(18(24)22-20(25)27-2)14-5-3-4-6-15(14)28-19/h7-10H,3-6,11H2,1-2H3,(H,21,23)(H,22,24,25). The average Bonchev–Trinajstić information content (AvgIpc) is 3.06. The smallest absolute Gasteiger partial charge is 0.413 e. The number of carbonyl (C=O) groups is 3. The van der Waals surface area contributed by atoms with E-state index in [2.05, 4.69) is 15.4 Å². The van der Waals surface area contributed by atoms with Crippen LogP contribution >= 0.6 is 11.3 Å². The number of fused-ring (bicyclic) bond motifs is 1. The predicted molar refractivity (Wildman–Crippen MR) is 106 cm³/mol. The van der Waals surface area contributed by atoms with Crippen molar-refractivity contribution in [1.82, 2.24) is 5.32 Å². The fourth-order valence-corrected chi connectivity index (χ4v) is 4.50. The Morgan fingerprint density at radius 2 is 1.79 bits per heavy atom. The summed E-state index contributed by atoms with van der Waals surface area (Å²) in [5, 5.41) is 5.53. The maximum atomic E-state index is 12.6. The van der Waals surface area contributed by atoms with E-state index in [1.807, 2.05) is 12.1 Å². The van der Waals surface area contributed by atoms with E-state index in [-0.39, 0.29) is 12.3 Å². The van der Waals surface area contributed by atoms with E-state index >= 15 is 0 Å². The number of thiophene rings is 1. The van der Waals surface area contributed by atoms with E-state index < -0.39 is 12.0 Å². The van der Waals surface area contributed by atoms with Crippen LogP contribution in [0.15, 0.2) is 24.3 Å². The molecule has 3 amide bonds. The van der Waals surface area contributed by atoms with E-state index in [9.17, 15) is 14.4 Å². The molecule has 0 fully saturated rings. The molecule has 0 spiro atoms. The minimum atomic E-state index is -0.823. The molecule has 28 heavy (non-hydrogen) atoms. The summed E-state index contributed by atoms with van der Waals surface area (Å²) in [5.74, 6) is -0.0567. The number of aryl methyl sites for hydroxylation is 1. The number of ether oxygens (including phenoxy) is 2. The molecule has 1 heterocycles. The van der Waals surface area contributed by atoms with Crippen LogP contribution in [0.5, 0.6) is 5.75 Å². The first-order valence-electron chi connectivity index (χ1n) is 8.98. The predicted octanol–water partition coefficient (Wildman–Crippen LogP) is 3.31. The number of rotatable bonds is 5. The van der Waals surface area contributed by atoms with Gasteiger partial charge in [0.2, 0.25) is 5.91 Å². The first-order valence-corrected chi connectivity index (χ1v) is 9.80. The molecule has 1 aromatic carbocycles. The zero-order valence-corrected chi connectivity index (χ0v) is 16.6. The van der Waals surface area contributed by atoms with Crippen molar-refractivity contribution in [2.24, 2.45) is 0 Å². The first-order chi connectivity index (χ1) is 13.5. The number of anilines is 1. The Balaban J connectivity index is 1.79. The summed E-state index contributed by atoms with van der Waals surface area (Å²) in [6.07, 6.45) is 2.99. The van der Waals surface area contributed by atoms with Gasteiger partial charge in [-0.05, 0) is 48.9 Å². The second-order valence-corrected chi connectivity index (χ2v) is 7.54. The number of methoxy groups -OCH3 is 2. The molecule has 0 saturated carbocycles. The Hall–Kier alpha value is -2.87. The lowest BCUT2D eigenvalue weighted by Crippen LogP contribution is -2.31. The third kappa shape index (κ3) is 4.51. The molecule has 8 heteroatoms. The van der Waals surface area contributed by atoms with E-state index in [4.69, 9.17) is 4.74 Å². The van der Waals surface area contributed by atoms with Gasteiger partial charge < -0.3 is 14.8 Å². The minimum Gasteiger partial charge on any atom is -0.497 e. The van der Waals surface area contributed by atoms with Crippen LogP contribution in [0, 0.1) is 0 Å². The fourth-order valence-electron chi connectivity index (χ4n) is 3.20. The number of benzene rings is 1. The molecular weight excluding hydrogens is 380 g/mol. The van der Waals surface area contributed by atoms with Gasteiger partial charge in [0.1, 0.15) is 10.8 Å². The Morgan fingerprint density at radius 3 is 2.46 bits per heavy atom. The molecule has 7 nitrogen and oxygen atoms in total. The largest absolute Gasteiger partial charge is 0.497 e. The van der Waals surface area contributed by atoms with Gasteiger partial charge in [-0.2, -0.15) is 0 Å². The van der Waals surface area contributed by atoms with Crippen LogP contribution in [0.3, 0.4) is 0 Å².